The van der Waals surface area contributed by atoms with Crippen LogP contribution in [0.25, 0.3) is 0 Å². The summed E-state index contributed by atoms with van der Waals surface area (Å²) in [4.78, 5) is 0. The maximum absolute atomic E-state index is 5.20. The highest BCUT2D eigenvalue weighted by molar-refractivity contribution is 9.10. The molecule has 0 aliphatic rings. The molecule has 18 heavy (non-hydrogen) atoms. The number of ether oxygens (including phenoxy) is 1. The highest BCUT2D eigenvalue weighted by atomic mass is 79.9. The van der Waals surface area contributed by atoms with E-state index in [2.05, 4.69) is 51.8 Å². The first-order chi connectivity index (χ1) is 8.67. The van der Waals surface area contributed by atoms with Crippen LogP contribution in [0.2, 0.25) is 0 Å². The van der Waals surface area contributed by atoms with Crippen molar-refractivity contribution in [2.75, 3.05) is 13.7 Å². The number of aromatic nitrogens is 2. The summed E-state index contributed by atoms with van der Waals surface area (Å²) >= 11 is 3.66. The number of nitrogens with zero attached hydrogens (tertiary/aromatic N) is 2. The summed E-state index contributed by atoms with van der Waals surface area (Å²) in [7, 11) is 1.74. The van der Waals surface area contributed by atoms with Crippen LogP contribution in [0.5, 0.6) is 0 Å². The largest absolute Gasteiger partial charge is 0.383 e. The topological polar surface area (TPSA) is 39.1 Å². The molecule has 0 aliphatic carbocycles. The van der Waals surface area contributed by atoms with Crippen molar-refractivity contribution in [2.24, 2.45) is 0 Å². The average Bonchev–Trinajstić information content (AvgIpc) is 2.70. The molecule has 0 radical (unpaired) electrons. The molecule has 1 rings (SSSR count). The smallest absolute Gasteiger partial charge is 0.0767 e. The predicted octanol–water partition coefficient (Wildman–Crippen LogP) is 2.74. The lowest BCUT2D eigenvalue weighted by molar-refractivity contribution is 0.163. The van der Waals surface area contributed by atoms with Crippen LogP contribution >= 0.6 is 15.9 Å². The van der Waals surface area contributed by atoms with Gasteiger partial charge in [-0.3, -0.25) is 4.68 Å². The quantitative estimate of drug-likeness (QED) is 0.801. The second-order valence-electron chi connectivity index (χ2n) is 4.32. The molecule has 104 valence electrons. The maximum atomic E-state index is 5.20. The minimum atomic E-state index is 0.396. The molecule has 0 fully saturated rings. The molecule has 4 nitrogen and oxygen atoms in total. The third kappa shape index (κ3) is 3.80. The van der Waals surface area contributed by atoms with E-state index in [1.807, 2.05) is 0 Å². The summed E-state index contributed by atoms with van der Waals surface area (Å²) in [6.07, 6.45) is 2.02. The monoisotopic (exact) mass is 317 g/mol. The van der Waals surface area contributed by atoms with Gasteiger partial charge in [-0.25, -0.2) is 0 Å². The number of aryl methyl sites for hydroxylation is 2. The summed E-state index contributed by atoms with van der Waals surface area (Å²) in [6, 6.07) is 0.396. The zero-order chi connectivity index (χ0) is 13.5. The van der Waals surface area contributed by atoms with Gasteiger partial charge in [0.1, 0.15) is 0 Å². The Labute approximate surface area is 118 Å². The molecular weight excluding hydrogens is 294 g/mol. The Morgan fingerprint density at radius 3 is 2.61 bits per heavy atom. The van der Waals surface area contributed by atoms with E-state index in [0.717, 1.165) is 42.7 Å². The summed E-state index contributed by atoms with van der Waals surface area (Å²) in [6.45, 7) is 8.88. The van der Waals surface area contributed by atoms with Crippen LogP contribution in [0.4, 0.5) is 0 Å². The highest BCUT2D eigenvalue weighted by Gasteiger charge is 2.14. The predicted molar refractivity (Wildman–Crippen MR) is 77.8 cm³/mol. The molecule has 0 amide bonds. The van der Waals surface area contributed by atoms with Crippen molar-refractivity contribution >= 4 is 15.9 Å². The van der Waals surface area contributed by atoms with Gasteiger partial charge in [0.2, 0.25) is 0 Å². The van der Waals surface area contributed by atoms with E-state index in [0.29, 0.717) is 6.04 Å². The van der Waals surface area contributed by atoms with Gasteiger partial charge >= 0.3 is 0 Å². The van der Waals surface area contributed by atoms with Crippen LogP contribution < -0.4 is 5.32 Å². The van der Waals surface area contributed by atoms with Crippen molar-refractivity contribution in [3.63, 3.8) is 0 Å². The zero-order valence-corrected chi connectivity index (χ0v) is 13.4. The molecule has 0 bridgehead atoms. The van der Waals surface area contributed by atoms with Gasteiger partial charge in [0, 0.05) is 26.2 Å². The van der Waals surface area contributed by atoms with E-state index in [4.69, 9.17) is 4.74 Å². The lowest BCUT2D eigenvalue weighted by atomic mass is 10.2. The number of nitrogens with one attached hydrogen (secondary N) is 1. The van der Waals surface area contributed by atoms with Gasteiger partial charge in [-0.15, -0.1) is 0 Å². The zero-order valence-electron chi connectivity index (χ0n) is 11.8. The van der Waals surface area contributed by atoms with Gasteiger partial charge in [-0.2, -0.15) is 5.10 Å². The Morgan fingerprint density at radius 2 is 2.11 bits per heavy atom. The first-order valence-corrected chi connectivity index (χ1v) is 7.43. The molecule has 1 heterocycles. The average molecular weight is 318 g/mol. The summed E-state index contributed by atoms with van der Waals surface area (Å²) in [5.74, 6) is 0. The van der Waals surface area contributed by atoms with Crippen molar-refractivity contribution in [1.82, 2.24) is 15.1 Å². The lowest BCUT2D eigenvalue weighted by Gasteiger charge is -2.16. The molecule has 1 atom stereocenters. The lowest BCUT2D eigenvalue weighted by Crippen LogP contribution is -2.32. The fraction of sp³-hybridized carbons (Fsp3) is 0.769. The SMILES string of the molecule is CCc1nn(CC)c(CNC(CC)COC)c1Br. The molecule has 0 spiro atoms. The van der Waals surface area contributed by atoms with E-state index in [1.165, 1.54) is 5.69 Å². The summed E-state index contributed by atoms with van der Waals surface area (Å²) in [5, 5.41) is 8.12. The Balaban J connectivity index is 2.73. The van der Waals surface area contributed by atoms with Gasteiger partial charge in [0.05, 0.1) is 22.5 Å². The van der Waals surface area contributed by atoms with Gasteiger partial charge in [-0.05, 0) is 35.7 Å². The summed E-state index contributed by atoms with van der Waals surface area (Å²) < 4.78 is 8.41. The standard InChI is InChI=1S/C13H24BrN3O/c1-5-10(9-18-4)15-8-12-13(14)11(6-2)16-17(12)7-3/h10,15H,5-9H2,1-4H3. The number of rotatable bonds is 8. The van der Waals surface area contributed by atoms with Crippen molar-refractivity contribution in [1.29, 1.82) is 0 Å². The Morgan fingerprint density at radius 1 is 1.39 bits per heavy atom. The minimum absolute atomic E-state index is 0.396. The maximum Gasteiger partial charge on any atom is 0.0767 e. The Kier molecular flexibility index (Phi) is 6.89. The van der Waals surface area contributed by atoms with Crippen LogP contribution in [0.3, 0.4) is 0 Å². The normalized spacial score (nSPS) is 12.9. The van der Waals surface area contributed by atoms with Gasteiger partial charge in [-0.1, -0.05) is 13.8 Å². The molecule has 1 aromatic rings. The Bertz CT molecular complexity index is 365. The first kappa shape index (κ1) is 15.7. The van der Waals surface area contributed by atoms with Crippen molar-refractivity contribution in [2.45, 2.75) is 52.7 Å². The second kappa shape index (κ2) is 7.92. The summed E-state index contributed by atoms with van der Waals surface area (Å²) in [5.41, 5.74) is 2.36. The third-order valence-corrected chi connectivity index (χ3v) is 4.03. The van der Waals surface area contributed by atoms with Gasteiger partial charge < -0.3 is 10.1 Å². The molecule has 1 N–H and O–H groups in total. The molecular formula is C13H24BrN3O. The molecule has 1 aromatic heterocycles. The molecule has 0 aliphatic heterocycles. The van der Waals surface area contributed by atoms with E-state index >= 15 is 0 Å². The Hall–Kier alpha value is -0.390. The molecule has 0 saturated heterocycles. The van der Waals surface area contributed by atoms with Gasteiger partial charge in [0.25, 0.3) is 0 Å². The van der Waals surface area contributed by atoms with Crippen LogP contribution in [0.15, 0.2) is 4.47 Å². The molecule has 5 heteroatoms. The third-order valence-electron chi connectivity index (χ3n) is 3.11. The van der Waals surface area contributed by atoms with Crippen molar-refractivity contribution in [3.05, 3.63) is 15.9 Å². The molecule has 1 unspecified atom stereocenters. The van der Waals surface area contributed by atoms with Crippen LogP contribution in [0.1, 0.15) is 38.6 Å². The van der Waals surface area contributed by atoms with Crippen LogP contribution in [0, 0.1) is 0 Å². The molecule has 0 aromatic carbocycles. The number of hydrogen-bond donors (Lipinski definition) is 1. The molecule has 0 saturated carbocycles. The number of methoxy groups -OCH3 is 1. The fourth-order valence-electron chi connectivity index (χ4n) is 1.95. The fourth-order valence-corrected chi connectivity index (χ4v) is 2.65. The van der Waals surface area contributed by atoms with Crippen LogP contribution in [-0.4, -0.2) is 29.5 Å². The minimum Gasteiger partial charge on any atom is -0.383 e. The van der Waals surface area contributed by atoms with E-state index < -0.39 is 0 Å². The van der Waals surface area contributed by atoms with Gasteiger partial charge in [0.15, 0.2) is 0 Å². The van der Waals surface area contributed by atoms with Crippen molar-refractivity contribution in [3.8, 4) is 0 Å². The van der Waals surface area contributed by atoms with Crippen LogP contribution in [-0.2, 0) is 24.2 Å². The van der Waals surface area contributed by atoms with Crippen molar-refractivity contribution < 1.29 is 4.74 Å². The van der Waals surface area contributed by atoms with E-state index in [1.54, 1.807) is 7.11 Å². The highest BCUT2D eigenvalue weighted by Crippen LogP contribution is 2.22. The number of halogens is 1. The van der Waals surface area contributed by atoms with E-state index in [-0.39, 0.29) is 0 Å². The number of hydrogen-bond acceptors (Lipinski definition) is 3. The van der Waals surface area contributed by atoms with E-state index in [9.17, 15) is 0 Å². The first-order valence-electron chi connectivity index (χ1n) is 6.64. The second-order valence-corrected chi connectivity index (χ2v) is 5.11.